The summed E-state index contributed by atoms with van der Waals surface area (Å²) in [6.45, 7) is 11.0. The zero-order valence-corrected chi connectivity index (χ0v) is 13.1. The van der Waals surface area contributed by atoms with Gasteiger partial charge in [-0.3, -0.25) is 0 Å². The quantitative estimate of drug-likeness (QED) is 0.717. The molecule has 0 saturated heterocycles. The first-order chi connectivity index (χ1) is 8.34. The number of hydrogen-bond acceptors (Lipinski definition) is 1. The summed E-state index contributed by atoms with van der Waals surface area (Å²) < 4.78 is 0. The van der Waals surface area contributed by atoms with Crippen LogP contribution in [0.5, 0.6) is 0 Å². The summed E-state index contributed by atoms with van der Waals surface area (Å²) >= 11 is 5.74. The highest BCUT2D eigenvalue weighted by atomic mass is 35.5. The van der Waals surface area contributed by atoms with Crippen molar-refractivity contribution in [1.82, 2.24) is 4.90 Å². The van der Waals surface area contributed by atoms with Gasteiger partial charge < -0.3 is 4.90 Å². The Kier molecular flexibility index (Phi) is 5.68. The van der Waals surface area contributed by atoms with Gasteiger partial charge in [0, 0.05) is 12.4 Å². The first kappa shape index (κ1) is 15.5. The molecule has 1 aromatic carbocycles. The maximum atomic E-state index is 5.74. The smallest absolute Gasteiger partial charge is 0.0235 e. The van der Waals surface area contributed by atoms with E-state index in [1.807, 2.05) is 0 Å². The van der Waals surface area contributed by atoms with Gasteiger partial charge in [-0.05, 0) is 49.0 Å². The van der Waals surface area contributed by atoms with Crippen molar-refractivity contribution in [2.45, 2.75) is 46.1 Å². The normalized spacial score (nSPS) is 12.2. The highest BCUT2D eigenvalue weighted by Crippen LogP contribution is 2.25. The Bertz CT molecular complexity index is 379. The Hall–Kier alpha value is -0.530. The molecular formula is C16H26ClN. The maximum absolute atomic E-state index is 5.74. The van der Waals surface area contributed by atoms with Crippen LogP contribution >= 0.6 is 11.6 Å². The van der Waals surface area contributed by atoms with Crippen LogP contribution in [0.1, 0.15) is 43.9 Å². The van der Waals surface area contributed by atoms with Gasteiger partial charge in [0.05, 0.1) is 0 Å². The second-order valence-corrected chi connectivity index (χ2v) is 6.55. The molecule has 1 rings (SSSR count). The fourth-order valence-corrected chi connectivity index (χ4v) is 2.13. The molecule has 0 atom stereocenters. The Balaban J connectivity index is 2.81. The summed E-state index contributed by atoms with van der Waals surface area (Å²) in [5.74, 6) is 0.741. The molecule has 0 fully saturated rings. The number of hydrogen-bond donors (Lipinski definition) is 0. The topological polar surface area (TPSA) is 3.24 Å². The average molecular weight is 268 g/mol. The van der Waals surface area contributed by atoms with E-state index in [1.54, 1.807) is 0 Å². The number of rotatable bonds is 5. The maximum Gasteiger partial charge on any atom is 0.0235 e. The number of aryl methyl sites for hydroxylation is 1. The molecular weight excluding hydrogens is 242 g/mol. The largest absolute Gasteiger partial charge is 0.302 e. The minimum atomic E-state index is 0.219. The number of halogens is 1. The Morgan fingerprint density at radius 1 is 1.22 bits per heavy atom. The standard InChI is InChI=1S/C16H26ClN/c1-13-7-8-15(16(2,3)4)11-14(13)12-18(5)10-6-9-17/h7-8,11H,6,9-10,12H2,1-5H3. The van der Waals surface area contributed by atoms with E-state index < -0.39 is 0 Å². The molecule has 0 radical (unpaired) electrons. The van der Waals surface area contributed by atoms with Gasteiger partial charge in [0.2, 0.25) is 0 Å². The third kappa shape index (κ3) is 4.62. The van der Waals surface area contributed by atoms with Gasteiger partial charge in [0.25, 0.3) is 0 Å². The lowest BCUT2D eigenvalue weighted by atomic mass is 9.85. The minimum Gasteiger partial charge on any atom is -0.302 e. The number of benzene rings is 1. The first-order valence-electron chi connectivity index (χ1n) is 6.69. The van der Waals surface area contributed by atoms with Crippen LogP contribution in [-0.2, 0) is 12.0 Å². The van der Waals surface area contributed by atoms with Crippen molar-refractivity contribution in [3.05, 3.63) is 34.9 Å². The third-order valence-electron chi connectivity index (χ3n) is 3.33. The van der Waals surface area contributed by atoms with E-state index in [0.29, 0.717) is 0 Å². The van der Waals surface area contributed by atoms with Crippen molar-refractivity contribution in [2.75, 3.05) is 19.5 Å². The number of alkyl halides is 1. The van der Waals surface area contributed by atoms with Crippen LogP contribution in [0.2, 0.25) is 0 Å². The zero-order chi connectivity index (χ0) is 13.8. The van der Waals surface area contributed by atoms with Crippen molar-refractivity contribution < 1.29 is 0 Å². The molecule has 0 unspecified atom stereocenters. The predicted octanol–water partition coefficient (Wildman–Crippen LogP) is 4.35. The van der Waals surface area contributed by atoms with Gasteiger partial charge in [-0.25, -0.2) is 0 Å². The SMILES string of the molecule is Cc1ccc(C(C)(C)C)cc1CN(C)CCCCl. The van der Waals surface area contributed by atoms with Crippen molar-refractivity contribution in [2.24, 2.45) is 0 Å². The lowest BCUT2D eigenvalue weighted by molar-refractivity contribution is 0.327. The molecule has 0 amide bonds. The second kappa shape index (κ2) is 6.58. The van der Waals surface area contributed by atoms with E-state index in [9.17, 15) is 0 Å². The van der Waals surface area contributed by atoms with Crippen LogP contribution in [0.3, 0.4) is 0 Å². The molecule has 0 bridgehead atoms. The average Bonchev–Trinajstić information content (AvgIpc) is 2.28. The van der Waals surface area contributed by atoms with E-state index in [0.717, 1.165) is 25.4 Å². The molecule has 0 saturated carbocycles. The zero-order valence-electron chi connectivity index (χ0n) is 12.4. The van der Waals surface area contributed by atoms with E-state index in [1.165, 1.54) is 16.7 Å². The highest BCUT2D eigenvalue weighted by Gasteiger charge is 2.15. The molecule has 0 aromatic heterocycles. The summed E-state index contributed by atoms with van der Waals surface area (Å²) in [5.41, 5.74) is 4.44. The van der Waals surface area contributed by atoms with Crippen LogP contribution < -0.4 is 0 Å². The summed E-state index contributed by atoms with van der Waals surface area (Å²) in [7, 11) is 2.16. The minimum absolute atomic E-state index is 0.219. The lowest BCUT2D eigenvalue weighted by Gasteiger charge is -2.23. The Morgan fingerprint density at radius 2 is 1.89 bits per heavy atom. The Morgan fingerprint density at radius 3 is 2.44 bits per heavy atom. The van der Waals surface area contributed by atoms with Gasteiger partial charge in [-0.2, -0.15) is 0 Å². The first-order valence-corrected chi connectivity index (χ1v) is 7.22. The van der Waals surface area contributed by atoms with E-state index in [-0.39, 0.29) is 5.41 Å². The second-order valence-electron chi connectivity index (χ2n) is 6.17. The molecule has 18 heavy (non-hydrogen) atoms. The van der Waals surface area contributed by atoms with E-state index >= 15 is 0 Å². The van der Waals surface area contributed by atoms with Crippen LogP contribution in [-0.4, -0.2) is 24.4 Å². The summed E-state index contributed by atoms with van der Waals surface area (Å²) in [6.07, 6.45) is 1.05. The molecule has 102 valence electrons. The number of nitrogens with zero attached hydrogens (tertiary/aromatic N) is 1. The predicted molar refractivity (Wildman–Crippen MR) is 81.6 cm³/mol. The monoisotopic (exact) mass is 267 g/mol. The van der Waals surface area contributed by atoms with Crippen molar-refractivity contribution in [3.8, 4) is 0 Å². The molecule has 1 aromatic rings. The van der Waals surface area contributed by atoms with Crippen molar-refractivity contribution >= 4 is 11.6 Å². The molecule has 0 spiro atoms. The van der Waals surface area contributed by atoms with Gasteiger partial charge in [0.15, 0.2) is 0 Å². The molecule has 0 aliphatic carbocycles. The van der Waals surface area contributed by atoms with Crippen LogP contribution in [0.15, 0.2) is 18.2 Å². The van der Waals surface area contributed by atoms with E-state index in [4.69, 9.17) is 11.6 Å². The molecule has 1 nitrogen and oxygen atoms in total. The van der Waals surface area contributed by atoms with Crippen molar-refractivity contribution in [3.63, 3.8) is 0 Å². The van der Waals surface area contributed by atoms with Gasteiger partial charge in [-0.15, -0.1) is 11.6 Å². The molecule has 0 aliphatic rings. The molecule has 2 heteroatoms. The van der Waals surface area contributed by atoms with Crippen LogP contribution in [0.4, 0.5) is 0 Å². The van der Waals surface area contributed by atoms with Crippen LogP contribution in [0, 0.1) is 6.92 Å². The fraction of sp³-hybridized carbons (Fsp3) is 0.625. The third-order valence-corrected chi connectivity index (χ3v) is 3.60. The fourth-order valence-electron chi connectivity index (χ4n) is 2.01. The lowest BCUT2D eigenvalue weighted by Crippen LogP contribution is -2.20. The van der Waals surface area contributed by atoms with Gasteiger partial charge in [0.1, 0.15) is 0 Å². The molecule has 0 aliphatic heterocycles. The van der Waals surface area contributed by atoms with Gasteiger partial charge >= 0.3 is 0 Å². The molecule has 0 N–H and O–H groups in total. The Labute approximate surface area is 117 Å². The summed E-state index contributed by atoms with van der Waals surface area (Å²) in [5, 5.41) is 0. The highest BCUT2D eigenvalue weighted by molar-refractivity contribution is 6.17. The summed E-state index contributed by atoms with van der Waals surface area (Å²) in [6, 6.07) is 6.84. The molecule has 0 heterocycles. The van der Waals surface area contributed by atoms with Gasteiger partial charge in [-0.1, -0.05) is 39.0 Å². The van der Waals surface area contributed by atoms with E-state index in [2.05, 4.69) is 57.8 Å². The summed E-state index contributed by atoms with van der Waals surface area (Å²) in [4.78, 5) is 2.34. The van der Waals surface area contributed by atoms with Crippen LogP contribution in [0.25, 0.3) is 0 Å². The van der Waals surface area contributed by atoms with Crippen molar-refractivity contribution in [1.29, 1.82) is 0 Å².